The Bertz CT molecular complexity index is 1080. The molecule has 1 amide bonds. The maximum Gasteiger partial charge on any atom is 0.232 e. The van der Waals surface area contributed by atoms with E-state index in [0.717, 1.165) is 16.8 Å². The Hall–Kier alpha value is -2.46. The quantitative estimate of drug-likeness (QED) is 0.569. The van der Waals surface area contributed by atoms with Crippen LogP contribution >= 0.6 is 11.6 Å². The number of allylic oxidation sites excluding steroid dienone is 2. The van der Waals surface area contributed by atoms with E-state index in [4.69, 9.17) is 11.6 Å². The number of hydrogen-bond donors (Lipinski definition) is 0. The van der Waals surface area contributed by atoms with Crippen LogP contribution in [0.15, 0.2) is 47.7 Å². The topological polar surface area (TPSA) is 37.4 Å². The van der Waals surface area contributed by atoms with Crippen LogP contribution in [0.5, 0.6) is 0 Å². The maximum atomic E-state index is 14.8. The van der Waals surface area contributed by atoms with E-state index in [1.165, 1.54) is 12.1 Å². The Morgan fingerprint density at radius 3 is 2.47 bits per heavy atom. The fourth-order valence-electron chi connectivity index (χ4n) is 4.67. The number of amides is 1. The molecule has 3 nitrogen and oxygen atoms in total. The van der Waals surface area contributed by atoms with Gasteiger partial charge in [0.25, 0.3) is 0 Å². The zero-order chi connectivity index (χ0) is 21.8. The molecule has 30 heavy (non-hydrogen) atoms. The highest BCUT2D eigenvalue weighted by atomic mass is 35.5. The monoisotopic (exact) mass is 425 g/mol. The maximum absolute atomic E-state index is 14.8. The zero-order valence-electron chi connectivity index (χ0n) is 17.7. The third-order valence-electron chi connectivity index (χ3n) is 6.24. The van der Waals surface area contributed by atoms with Crippen molar-refractivity contribution in [1.82, 2.24) is 0 Å². The number of rotatable bonds is 2. The molecule has 0 saturated carbocycles. The number of Topliss-reactive ketones (excluding diaryl/α,β-unsaturated/α-hetero) is 1. The van der Waals surface area contributed by atoms with Crippen LogP contribution in [0.4, 0.5) is 10.1 Å². The molecule has 156 valence electrons. The van der Waals surface area contributed by atoms with Crippen LogP contribution in [0.1, 0.15) is 55.7 Å². The Morgan fingerprint density at radius 2 is 1.80 bits per heavy atom. The normalized spacial score (nSPS) is 21.1. The van der Waals surface area contributed by atoms with Crippen molar-refractivity contribution in [3.63, 3.8) is 0 Å². The molecule has 4 rings (SSSR count). The first kappa shape index (κ1) is 20.8. The summed E-state index contributed by atoms with van der Waals surface area (Å²) in [6.07, 6.45) is 0.942. The van der Waals surface area contributed by atoms with Gasteiger partial charge in [-0.05, 0) is 61.1 Å². The van der Waals surface area contributed by atoms with Crippen LogP contribution in [0, 0.1) is 25.1 Å². The van der Waals surface area contributed by atoms with Gasteiger partial charge in [-0.25, -0.2) is 4.39 Å². The van der Waals surface area contributed by atoms with Crippen LogP contribution in [0.25, 0.3) is 0 Å². The van der Waals surface area contributed by atoms with Gasteiger partial charge in [0, 0.05) is 46.3 Å². The van der Waals surface area contributed by atoms with E-state index in [1.54, 1.807) is 11.0 Å². The van der Waals surface area contributed by atoms with Crippen LogP contribution in [0.2, 0.25) is 5.02 Å². The molecule has 0 fully saturated rings. The molecule has 2 aromatic carbocycles. The molecule has 1 aliphatic heterocycles. The minimum Gasteiger partial charge on any atom is -0.294 e. The fourth-order valence-corrected chi connectivity index (χ4v) is 4.96. The van der Waals surface area contributed by atoms with Crippen molar-refractivity contribution in [3.8, 4) is 0 Å². The van der Waals surface area contributed by atoms with E-state index in [2.05, 4.69) is 0 Å². The average molecular weight is 426 g/mol. The molecule has 1 aliphatic carbocycles. The van der Waals surface area contributed by atoms with Crippen molar-refractivity contribution in [2.75, 3.05) is 4.90 Å². The number of carbonyl (C=O) groups is 2. The van der Waals surface area contributed by atoms with Crippen LogP contribution in [-0.4, -0.2) is 11.7 Å². The Morgan fingerprint density at radius 1 is 1.07 bits per heavy atom. The summed E-state index contributed by atoms with van der Waals surface area (Å²) in [6.45, 7) is 8.07. The van der Waals surface area contributed by atoms with Gasteiger partial charge < -0.3 is 0 Å². The number of aryl methyl sites for hydroxylation is 2. The second-order valence-corrected chi connectivity index (χ2v) is 9.60. The summed E-state index contributed by atoms with van der Waals surface area (Å²) in [5, 5.41) is 0.247. The highest BCUT2D eigenvalue weighted by Crippen LogP contribution is 2.49. The second-order valence-electron chi connectivity index (χ2n) is 9.19. The molecule has 5 heteroatoms. The number of ketones is 1. The third kappa shape index (κ3) is 3.47. The van der Waals surface area contributed by atoms with Crippen molar-refractivity contribution in [2.24, 2.45) is 5.41 Å². The largest absolute Gasteiger partial charge is 0.294 e. The lowest BCUT2D eigenvalue weighted by molar-refractivity contribution is -0.121. The van der Waals surface area contributed by atoms with E-state index in [9.17, 15) is 14.0 Å². The van der Waals surface area contributed by atoms with Crippen molar-refractivity contribution in [3.05, 3.63) is 75.2 Å². The molecule has 0 radical (unpaired) electrons. The summed E-state index contributed by atoms with van der Waals surface area (Å²) >= 11 is 6.34. The number of benzene rings is 2. The van der Waals surface area contributed by atoms with Crippen LogP contribution in [-0.2, 0) is 9.59 Å². The fraction of sp³-hybridized carbons (Fsp3) is 0.360. The van der Waals surface area contributed by atoms with E-state index in [-0.39, 0.29) is 34.1 Å². The molecule has 1 unspecified atom stereocenters. The van der Waals surface area contributed by atoms with Gasteiger partial charge in [0.1, 0.15) is 5.82 Å². The predicted molar refractivity (Wildman–Crippen MR) is 117 cm³/mol. The Balaban J connectivity index is 1.95. The summed E-state index contributed by atoms with van der Waals surface area (Å²) in [6, 6.07) is 10.3. The minimum atomic E-state index is -0.660. The average Bonchev–Trinajstić information content (AvgIpc) is 2.62. The SMILES string of the molecule is Cc1ccc(N2C(=O)CC(c3c(F)cccc3Cl)C3=C2CC(C)(C)CC3=O)cc1C. The molecule has 2 aromatic rings. The minimum absolute atomic E-state index is 0.0125. The third-order valence-corrected chi connectivity index (χ3v) is 6.57. The van der Waals surface area contributed by atoms with Gasteiger partial charge in [-0.3, -0.25) is 14.5 Å². The summed E-state index contributed by atoms with van der Waals surface area (Å²) in [5.74, 6) is -1.32. The summed E-state index contributed by atoms with van der Waals surface area (Å²) in [5.41, 5.74) is 4.12. The molecule has 0 saturated heterocycles. The van der Waals surface area contributed by atoms with Crippen molar-refractivity contribution in [2.45, 2.75) is 52.9 Å². The molecular formula is C25H25ClFNO2. The summed E-state index contributed by atoms with van der Waals surface area (Å²) < 4.78 is 14.8. The Kier molecular flexibility index (Phi) is 5.09. The van der Waals surface area contributed by atoms with E-state index < -0.39 is 11.7 Å². The van der Waals surface area contributed by atoms with Crippen molar-refractivity contribution >= 4 is 29.0 Å². The molecule has 0 N–H and O–H groups in total. The lowest BCUT2D eigenvalue weighted by Crippen LogP contribution is -2.44. The van der Waals surface area contributed by atoms with Gasteiger partial charge in [0.05, 0.1) is 0 Å². The molecule has 2 aliphatic rings. The van der Waals surface area contributed by atoms with Gasteiger partial charge in [-0.15, -0.1) is 0 Å². The molecule has 0 aromatic heterocycles. The van der Waals surface area contributed by atoms with Crippen LogP contribution in [0.3, 0.4) is 0 Å². The van der Waals surface area contributed by atoms with Gasteiger partial charge in [-0.1, -0.05) is 37.6 Å². The van der Waals surface area contributed by atoms with Gasteiger partial charge in [0.2, 0.25) is 5.91 Å². The Labute approximate surface area is 181 Å². The number of anilines is 1. The second kappa shape index (κ2) is 7.35. The van der Waals surface area contributed by atoms with Gasteiger partial charge in [-0.2, -0.15) is 0 Å². The van der Waals surface area contributed by atoms with Crippen molar-refractivity contribution < 1.29 is 14.0 Å². The van der Waals surface area contributed by atoms with E-state index in [0.29, 0.717) is 24.1 Å². The van der Waals surface area contributed by atoms with Gasteiger partial charge >= 0.3 is 0 Å². The van der Waals surface area contributed by atoms with Crippen LogP contribution < -0.4 is 4.90 Å². The van der Waals surface area contributed by atoms with Gasteiger partial charge in [0.15, 0.2) is 5.78 Å². The van der Waals surface area contributed by atoms with E-state index >= 15 is 0 Å². The smallest absolute Gasteiger partial charge is 0.232 e. The molecule has 1 atom stereocenters. The summed E-state index contributed by atoms with van der Waals surface area (Å²) in [7, 11) is 0. The summed E-state index contributed by atoms with van der Waals surface area (Å²) in [4.78, 5) is 28.4. The highest BCUT2D eigenvalue weighted by molar-refractivity contribution is 6.31. The zero-order valence-corrected chi connectivity index (χ0v) is 18.4. The molecular weight excluding hydrogens is 401 g/mol. The number of hydrogen-bond acceptors (Lipinski definition) is 2. The lowest BCUT2D eigenvalue weighted by atomic mass is 9.69. The molecule has 0 bridgehead atoms. The molecule has 1 heterocycles. The highest BCUT2D eigenvalue weighted by Gasteiger charge is 2.45. The first-order chi connectivity index (χ1) is 14.1. The number of halogens is 2. The standard InChI is InChI=1S/C25H25ClFNO2/c1-14-8-9-16(10-15(14)2)28-20-12-25(3,4)13-21(29)24(20)17(11-22(28)30)23-18(26)6-5-7-19(23)27/h5-10,17H,11-13H2,1-4H3. The first-order valence-corrected chi connectivity index (χ1v) is 10.6. The predicted octanol–water partition coefficient (Wildman–Crippen LogP) is 6.26. The first-order valence-electron chi connectivity index (χ1n) is 10.2. The number of carbonyl (C=O) groups excluding carboxylic acids is 2. The van der Waals surface area contributed by atoms with Crippen molar-refractivity contribution in [1.29, 1.82) is 0 Å². The lowest BCUT2D eigenvalue weighted by Gasteiger charge is -2.43. The molecule has 0 spiro atoms. The van der Waals surface area contributed by atoms with E-state index in [1.807, 2.05) is 45.9 Å². The number of nitrogens with zero attached hydrogens (tertiary/aromatic N) is 1.